The van der Waals surface area contributed by atoms with Gasteiger partial charge in [-0.15, -0.1) is 0 Å². The Balaban J connectivity index is 2.04. The van der Waals surface area contributed by atoms with Gasteiger partial charge in [-0.3, -0.25) is 9.59 Å². The minimum Gasteiger partial charge on any atom is -0.495 e. The largest absolute Gasteiger partial charge is 0.495 e. The first-order valence-corrected chi connectivity index (χ1v) is 8.67. The molecule has 0 bridgehead atoms. The van der Waals surface area contributed by atoms with Gasteiger partial charge in [0.15, 0.2) is 6.10 Å². The number of hydrogen-bond acceptors (Lipinski definition) is 4. The Bertz CT molecular complexity index is 758. The predicted octanol–water partition coefficient (Wildman–Crippen LogP) is 4.07. The molecule has 0 radical (unpaired) electrons. The number of nitrogens with one attached hydrogen (secondary N) is 1. The Morgan fingerprint density at radius 3 is 2.42 bits per heavy atom. The van der Waals surface area contributed by atoms with E-state index in [0.717, 1.165) is 11.1 Å². The van der Waals surface area contributed by atoms with Gasteiger partial charge in [0.2, 0.25) is 0 Å². The number of rotatable bonds is 7. The summed E-state index contributed by atoms with van der Waals surface area (Å²) in [5.74, 6) is -0.638. The first-order valence-electron chi connectivity index (χ1n) is 8.67. The minimum absolute atomic E-state index is 0.389. The van der Waals surface area contributed by atoms with Crippen LogP contribution < -0.4 is 10.1 Å². The van der Waals surface area contributed by atoms with Gasteiger partial charge in [0.1, 0.15) is 5.75 Å². The molecule has 26 heavy (non-hydrogen) atoms. The van der Waals surface area contributed by atoms with E-state index in [1.54, 1.807) is 13.0 Å². The van der Waals surface area contributed by atoms with Crippen molar-refractivity contribution in [3.05, 3.63) is 59.7 Å². The van der Waals surface area contributed by atoms with Gasteiger partial charge >= 0.3 is 5.97 Å². The van der Waals surface area contributed by atoms with Crippen LogP contribution in [0.4, 0.5) is 5.69 Å². The number of benzene rings is 2. The molecule has 5 nitrogen and oxygen atoms in total. The maximum Gasteiger partial charge on any atom is 0.314 e. The molecule has 2 rings (SSSR count). The van der Waals surface area contributed by atoms with Gasteiger partial charge in [-0.05, 0) is 43.5 Å². The van der Waals surface area contributed by atoms with Crippen molar-refractivity contribution in [2.45, 2.75) is 39.2 Å². The third kappa shape index (κ3) is 4.85. The van der Waals surface area contributed by atoms with Crippen LogP contribution in [0.25, 0.3) is 0 Å². The number of ether oxygens (including phenoxy) is 2. The third-order valence-electron chi connectivity index (χ3n) is 4.17. The molecule has 2 atom stereocenters. The summed E-state index contributed by atoms with van der Waals surface area (Å²) < 4.78 is 10.7. The summed E-state index contributed by atoms with van der Waals surface area (Å²) in [5.41, 5.74) is 2.42. The molecule has 0 saturated heterocycles. The lowest BCUT2D eigenvalue weighted by molar-refractivity contribution is -0.154. The standard InChI is InChI=1S/C21H25NO4/c1-5-17(16-9-7-6-8-10-16)21(24)26-15(3)20(23)22-18-13-14(2)11-12-19(18)25-4/h6-13,15,17H,5H2,1-4H3,(H,22,23). The molecule has 1 N–H and O–H groups in total. The van der Waals surface area contributed by atoms with Crippen molar-refractivity contribution >= 4 is 17.6 Å². The molecule has 0 aliphatic carbocycles. The van der Waals surface area contributed by atoms with Gasteiger partial charge in [-0.25, -0.2) is 0 Å². The molecule has 1 amide bonds. The zero-order valence-electron chi connectivity index (χ0n) is 15.6. The second-order valence-electron chi connectivity index (χ2n) is 6.14. The van der Waals surface area contributed by atoms with Crippen LogP contribution in [0, 0.1) is 6.92 Å². The minimum atomic E-state index is -0.912. The number of amides is 1. The normalized spacial score (nSPS) is 12.8. The van der Waals surface area contributed by atoms with Crippen LogP contribution in [-0.4, -0.2) is 25.1 Å². The van der Waals surface area contributed by atoms with Gasteiger partial charge in [-0.1, -0.05) is 43.3 Å². The molecule has 0 aliphatic heterocycles. The van der Waals surface area contributed by atoms with Crippen molar-refractivity contribution in [3.8, 4) is 5.75 Å². The Labute approximate surface area is 154 Å². The fourth-order valence-electron chi connectivity index (χ4n) is 2.69. The van der Waals surface area contributed by atoms with Crippen LogP contribution in [0.15, 0.2) is 48.5 Å². The van der Waals surface area contributed by atoms with Crippen LogP contribution in [0.2, 0.25) is 0 Å². The van der Waals surface area contributed by atoms with E-state index in [1.165, 1.54) is 7.11 Å². The number of methoxy groups -OCH3 is 1. The average Bonchev–Trinajstić information content (AvgIpc) is 2.63. The fraction of sp³-hybridized carbons (Fsp3) is 0.333. The Morgan fingerprint density at radius 1 is 1.12 bits per heavy atom. The summed E-state index contributed by atoms with van der Waals surface area (Å²) in [6.07, 6.45) is -0.312. The van der Waals surface area contributed by atoms with E-state index in [9.17, 15) is 9.59 Å². The zero-order valence-corrected chi connectivity index (χ0v) is 15.6. The first kappa shape index (κ1) is 19.5. The van der Waals surface area contributed by atoms with Gasteiger partial charge in [-0.2, -0.15) is 0 Å². The summed E-state index contributed by atoms with van der Waals surface area (Å²) in [5, 5.41) is 2.76. The lowest BCUT2D eigenvalue weighted by Crippen LogP contribution is -2.32. The fourth-order valence-corrected chi connectivity index (χ4v) is 2.69. The van der Waals surface area contributed by atoms with Crippen molar-refractivity contribution in [1.82, 2.24) is 0 Å². The predicted molar refractivity (Wildman–Crippen MR) is 101 cm³/mol. The topological polar surface area (TPSA) is 64.6 Å². The molecule has 0 heterocycles. The highest BCUT2D eigenvalue weighted by Crippen LogP contribution is 2.26. The average molecular weight is 355 g/mol. The van der Waals surface area contributed by atoms with Crippen LogP contribution in [0.3, 0.4) is 0 Å². The lowest BCUT2D eigenvalue weighted by Gasteiger charge is -2.19. The molecule has 0 fully saturated rings. The number of hydrogen-bond donors (Lipinski definition) is 1. The first-order chi connectivity index (χ1) is 12.5. The van der Waals surface area contributed by atoms with Gasteiger partial charge in [0, 0.05) is 0 Å². The SMILES string of the molecule is CCC(C(=O)OC(C)C(=O)Nc1cc(C)ccc1OC)c1ccccc1. The summed E-state index contributed by atoms with van der Waals surface area (Å²) in [4.78, 5) is 24.9. The van der Waals surface area contributed by atoms with Crippen LogP contribution in [-0.2, 0) is 14.3 Å². The van der Waals surface area contributed by atoms with E-state index < -0.39 is 18.0 Å². The lowest BCUT2D eigenvalue weighted by atomic mass is 9.97. The highest BCUT2D eigenvalue weighted by molar-refractivity contribution is 5.96. The van der Waals surface area contributed by atoms with Crippen LogP contribution in [0.5, 0.6) is 5.75 Å². The smallest absolute Gasteiger partial charge is 0.314 e. The number of carbonyl (C=O) groups excluding carboxylic acids is 2. The Morgan fingerprint density at radius 2 is 1.81 bits per heavy atom. The summed E-state index contributed by atoms with van der Waals surface area (Å²) in [6, 6.07) is 14.9. The second kappa shape index (κ2) is 9.04. The molecule has 2 aromatic rings. The molecule has 0 aromatic heterocycles. The molecular weight excluding hydrogens is 330 g/mol. The number of carbonyl (C=O) groups is 2. The number of aryl methyl sites for hydroxylation is 1. The highest BCUT2D eigenvalue weighted by atomic mass is 16.5. The van der Waals surface area contributed by atoms with E-state index in [0.29, 0.717) is 17.9 Å². The monoisotopic (exact) mass is 355 g/mol. The van der Waals surface area contributed by atoms with Crippen LogP contribution in [0.1, 0.15) is 37.3 Å². The summed E-state index contributed by atoms with van der Waals surface area (Å²) >= 11 is 0. The van der Waals surface area contributed by atoms with Crippen LogP contribution >= 0.6 is 0 Å². The highest BCUT2D eigenvalue weighted by Gasteiger charge is 2.25. The molecule has 5 heteroatoms. The second-order valence-corrected chi connectivity index (χ2v) is 6.14. The molecular formula is C21H25NO4. The van der Waals surface area contributed by atoms with Crippen molar-refractivity contribution in [3.63, 3.8) is 0 Å². The van der Waals surface area contributed by atoms with Crippen molar-refractivity contribution in [2.75, 3.05) is 12.4 Å². The molecule has 2 aromatic carbocycles. The molecule has 0 aliphatic rings. The van der Waals surface area contributed by atoms with Gasteiger partial charge in [0.05, 0.1) is 18.7 Å². The van der Waals surface area contributed by atoms with E-state index in [1.807, 2.05) is 56.3 Å². The molecule has 0 spiro atoms. The Kier molecular flexibility index (Phi) is 6.78. The maximum absolute atomic E-state index is 12.5. The van der Waals surface area contributed by atoms with Gasteiger partial charge < -0.3 is 14.8 Å². The summed E-state index contributed by atoms with van der Waals surface area (Å²) in [7, 11) is 1.54. The zero-order chi connectivity index (χ0) is 19.1. The van der Waals surface area contributed by atoms with Crippen molar-refractivity contribution < 1.29 is 19.1 Å². The number of esters is 1. The quantitative estimate of drug-likeness (QED) is 0.761. The Hall–Kier alpha value is -2.82. The van der Waals surface area contributed by atoms with Gasteiger partial charge in [0.25, 0.3) is 5.91 Å². The van der Waals surface area contributed by atoms with E-state index in [2.05, 4.69) is 5.32 Å². The van der Waals surface area contributed by atoms with Crippen molar-refractivity contribution in [2.24, 2.45) is 0 Å². The van der Waals surface area contributed by atoms with E-state index in [4.69, 9.17) is 9.47 Å². The van der Waals surface area contributed by atoms with E-state index >= 15 is 0 Å². The third-order valence-corrected chi connectivity index (χ3v) is 4.17. The number of anilines is 1. The molecule has 0 saturated carbocycles. The van der Waals surface area contributed by atoms with E-state index in [-0.39, 0.29) is 5.92 Å². The van der Waals surface area contributed by atoms with Crippen molar-refractivity contribution in [1.29, 1.82) is 0 Å². The molecule has 2 unspecified atom stereocenters. The molecule has 138 valence electrons. The summed E-state index contributed by atoms with van der Waals surface area (Å²) in [6.45, 7) is 5.40. The maximum atomic E-state index is 12.5.